The first-order chi connectivity index (χ1) is 8.49. The number of carbonyl (C=O) groups is 1. The molecule has 0 radical (unpaired) electrons. The maximum atomic E-state index is 13.6. The van der Waals surface area contributed by atoms with Gasteiger partial charge < -0.3 is 16.3 Å². The molecule has 1 rings (SSSR count). The fourth-order valence-electron chi connectivity index (χ4n) is 1.41. The van der Waals surface area contributed by atoms with Crippen LogP contribution >= 0.6 is 0 Å². The van der Waals surface area contributed by atoms with Crippen molar-refractivity contribution in [3.63, 3.8) is 0 Å². The number of carbonyl (C=O) groups excluding carboxylic acids is 1. The van der Waals surface area contributed by atoms with Gasteiger partial charge in [0.1, 0.15) is 0 Å². The van der Waals surface area contributed by atoms with Gasteiger partial charge in [-0.25, -0.2) is 8.78 Å². The Morgan fingerprint density at radius 3 is 2.67 bits per heavy atom. The van der Waals surface area contributed by atoms with Crippen molar-refractivity contribution < 1.29 is 18.4 Å². The first-order valence-corrected chi connectivity index (χ1v) is 5.31. The number of benzene rings is 1. The lowest BCUT2D eigenvalue weighted by Crippen LogP contribution is -2.21. The van der Waals surface area contributed by atoms with Crippen molar-refractivity contribution in [1.29, 1.82) is 0 Å². The Hall–Kier alpha value is -1.57. The summed E-state index contributed by atoms with van der Waals surface area (Å²) in [6.45, 7) is 1.73. The summed E-state index contributed by atoms with van der Waals surface area (Å²) in [6, 6.07) is 1.20. The molecule has 5 nitrogen and oxygen atoms in total. The van der Waals surface area contributed by atoms with Crippen molar-refractivity contribution in [2.24, 2.45) is 11.5 Å². The van der Waals surface area contributed by atoms with Crippen LogP contribution in [0.5, 0.6) is 0 Å². The third-order valence-corrected chi connectivity index (χ3v) is 2.38. The average Bonchev–Trinajstić information content (AvgIpc) is 2.33. The molecule has 0 bridgehead atoms. The van der Waals surface area contributed by atoms with Gasteiger partial charge in [-0.2, -0.15) is 5.48 Å². The fraction of sp³-hybridized carbons (Fsp3) is 0.364. The highest BCUT2D eigenvalue weighted by molar-refractivity contribution is 5.94. The zero-order valence-electron chi connectivity index (χ0n) is 9.93. The summed E-state index contributed by atoms with van der Waals surface area (Å²) in [5.74, 6) is -2.92. The molecule has 0 heterocycles. The molecular formula is C11H15F2N3O2. The molecule has 0 aliphatic heterocycles. The van der Waals surface area contributed by atoms with Crippen molar-refractivity contribution in [2.45, 2.75) is 13.5 Å². The minimum absolute atomic E-state index is 0.0380. The standard InChI is InChI=1S/C11H15F2N3O2/c1-6-8(11(15)17)4-7(10(13)9(6)12)5-16-18-3-2-14/h4,16H,2-3,5,14H2,1H3,(H2,15,17). The number of hydrogen-bond acceptors (Lipinski definition) is 4. The molecule has 0 spiro atoms. The quantitative estimate of drug-likeness (QED) is 0.508. The van der Waals surface area contributed by atoms with Gasteiger partial charge in [-0.15, -0.1) is 0 Å². The van der Waals surface area contributed by atoms with E-state index in [0.717, 1.165) is 0 Å². The lowest BCUT2D eigenvalue weighted by Gasteiger charge is -2.10. The normalized spacial score (nSPS) is 10.7. The van der Waals surface area contributed by atoms with Crippen LogP contribution in [-0.4, -0.2) is 19.1 Å². The van der Waals surface area contributed by atoms with E-state index >= 15 is 0 Å². The van der Waals surface area contributed by atoms with Gasteiger partial charge >= 0.3 is 0 Å². The van der Waals surface area contributed by atoms with E-state index < -0.39 is 17.5 Å². The fourth-order valence-corrected chi connectivity index (χ4v) is 1.41. The Morgan fingerprint density at radius 2 is 2.11 bits per heavy atom. The van der Waals surface area contributed by atoms with Gasteiger partial charge in [0.2, 0.25) is 5.91 Å². The Kier molecular flexibility index (Phi) is 5.14. The van der Waals surface area contributed by atoms with Gasteiger partial charge in [-0.1, -0.05) is 0 Å². The third-order valence-electron chi connectivity index (χ3n) is 2.38. The molecule has 0 aromatic heterocycles. The largest absolute Gasteiger partial charge is 0.366 e. The molecule has 0 saturated carbocycles. The summed E-state index contributed by atoms with van der Waals surface area (Å²) in [5.41, 5.74) is 12.5. The number of nitrogens with one attached hydrogen (secondary N) is 1. The second kappa shape index (κ2) is 6.39. The highest BCUT2D eigenvalue weighted by atomic mass is 19.2. The van der Waals surface area contributed by atoms with Crippen LogP contribution in [0.15, 0.2) is 6.07 Å². The second-order valence-electron chi connectivity index (χ2n) is 3.66. The molecule has 1 aromatic rings. The van der Waals surface area contributed by atoms with Crippen LogP contribution in [0, 0.1) is 18.6 Å². The molecule has 0 aliphatic carbocycles. The highest BCUT2D eigenvalue weighted by Crippen LogP contribution is 2.20. The molecular weight excluding hydrogens is 244 g/mol. The van der Waals surface area contributed by atoms with Crippen molar-refractivity contribution in [3.8, 4) is 0 Å². The first-order valence-electron chi connectivity index (χ1n) is 5.31. The SMILES string of the molecule is Cc1c(C(N)=O)cc(CNOCCN)c(F)c1F. The van der Waals surface area contributed by atoms with E-state index in [1.165, 1.54) is 13.0 Å². The van der Waals surface area contributed by atoms with Gasteiger partial charge in [-0.05, 0) is 13.0 Å². The zero-order chi connectivity index (χ0) is 13.7. The van der Waals surface area contributed by atoms with Crippen LogP contribution in [0.25, 0.3) is 0 Å². The van der Waals surface area contributed by atoms with Gasteiger partial charge in [0.25, 0.3) is 0 Å². The summed E-state index contributed by atoms with van der Waals surface area (Å²) in [5, 5.41) is 0. The summed E-state index contributed by atoms with van der Waals surface area (Å²) in [7, 11) is 0. The first kappa shape index (κ1) is 14.5. The molecule has 0 saturated heterocycles. The maximum Gasteiger partial charge on any atom is 0.249 e. The molecule has 0 fully saturated rings. The lowest BCUT2D eigenvalue weighted by molar-refractivity contribution is 0.0415. The molecule has 0 atom stereocenters. The maximum absolute atomic E-state index is 13.6. The van der Waals surface area contributed by atoms with E-state index in [1.807, 2.05) is 0 Å². The summed E-state index contributed by atoms with van der Waals surface area (Å²) < 4.78 is 27.1. The number of rotatable bonds is 6. The summed E-state index contributed by atoms with van der Waals surface area (Å²) in [6.07, 6.45) is 0. The van der Waals surface area contributed by atoms with Crippen molar-refractivity contribution in [1.82, 2.24) is 5.48 Å². The topological polar surface area (TPSA) is 90.4 Å². The molecule has 1 amide bonds. The Bertz CT molecular complexity index is 452. The van der Waals surface area contributed by atoms with Crippen LogP contribution in [-0.2, 0) is 11.4 Å². The Morgan fingerprint density at radius 1 is 1.44 bits per heavy atom. The Labute approximate surface area is 103 Å². The van der Waals surface area contributed by atoms with Crippen LogP contribution in [0.3, 0.4) is 0 Å². The van der Waals surface area contributed by atoms with Crippen LogP contribution < -0.4 is 16.9 Å². The summed E-state index contributed by atoms with van der Waals surface area (Å²) in [4.78, 5) is 15.9. The van der Waals surface area contributed by atoms with Gasteiger partial charge in [0, 0.05) is 29.8 Å². The Balaban J connectivity index is 2.94. The van der Waals surface area contributed by atoms with E-state index in [1.54, 1.807) is 0 Å². The molecule has 1 aromatic carbocycles. The number of hydroxylamine groups is 1. The van der Waals surface area contributed by atoms with Crippen molar-refractivity contribution in [2.75, 3.05) is 13.2 Å². The van der Waals surface area contributed by atoms with Crippen LogP contribution in [0.2, 0.25) is 0 Å². The molecule has 0 unspecified atom stereocenters. The smallest absolute Gasteiger partial charge is 0.249 e. The molecule has 18 heavy (non-hydrogen) atoms. The highest BCUT2D eigenvalue weighted by Gasteiger charge is 2.18. The predicted octanol–water partition coefficient (Wildman–Crippen LogP) is 0.352. The molecule has 5 N–H and O–H groups in total. The minimum Gasteiger partial charge on any atom is -0.366 e. The predicted molar refractivity (Wildman–Crippen MR) is 61.5 cm³/mol. The molecule has 0 aliphatic rings. The van der Waals surface area contributed by atoms with E-state index in [-0.39, 0.29) is 29.8 Å². The number of hydrogen-bond donors (Lipinski definition) is 3. The average molecular weight is 259 g/mol. The van der Waals surface area contributed by atoms with Gasteiger partial charge in [0.05, 0.1) is 6.61 Å². The van der Waals surface area contributed by atoms with E-state index in [9.17, 15) is 13.6 Å². The molecule has 7 heteroatoms. The number of halogens is 2. The molecule has 100 valence electrons. The second-order valence-corrected chi connectivity index (χ2v) is 3.66. The van der Waals surface area contributed by atoms with E-state index in [4.69, 9.17) is 16.3 Å². The van der Waals surface area contributed by atoms with Crippen LogP contribution in [0.1, 0.15) is 21.5 Å². The van der Waals surface area contributed by atoms with Gasteiger partial charge in [-0.3, -0.25) is 4.79 Å². The van der Waals surface area contributed by atoms with E-state index in [2.05, 4.69) is 5.48 Å². The third kappa shape index (κ3) is 3.22. The number of primary amides is 1. The van der Waals surface area contributed by atoms with Gasteiger partial charge in [0.15, 0.2) is 11.6 Å². The lowest BCUT2D eigenvalue weighted by atomic mass is 10.0. The minimum atomic E-state index is -1.08. The monoisotopic (exact) mass is 259 g/mol. The van der Waals surface area contributed by atoms with Crippen molar-refractivity contribution in [3.05, 3.63) is 34.4 Å². The van der Waals surface area contributed by atoms with E-state index in [0.29, 0.717) is 6.54 Å². The van der Waals surface area contributed by atoms with Crippen LogP contribution in [0.4, 0.5) is 8.78 Å². The summed E-state index contributed by atoms with van der Waals surface area (Å²) >= 11 is 0. The van der Waals surface area contributed by atoms with Crippen molar-refractivity contribution >= 4 is 5.91 Å². The zero-order valence-corrected chi connectivity index (χ0v) is 9.93. The number of amides is 1. The number of nitrogens with two attached hydrogens (primary N) is 2.